The van der Waals surface area contributed by atoms with Crippen LogP contribution >= 0.6 is 0 Å². The number of phenolic OH excluding ortho intramolecular Hbond substituents is 1. The molecule has 1 amide bonds. The number of anilines is 1. The zero-order valence-corrected chi connectivity index (χ0v) is 10.0. The largest absolute Gasteiger partial charge is 0.508 e. The minimum absolute atomic E-state index is 0.0718. The van der Waals surface area contributed by atoms with Crippen molar-refractivity contribution < 1.29 is 9.90 Å². The van der Waals surface area contributed by atoms with Crippen LogP contribution in [0.5, 0.6) is 5.75 Å². The Morgan fingerprint density at radius 3 is 2.71 bits per heavy atom. The van der Waals surface area contributed by atoms with Crippen molar-refractivity contribution in [3.63, 3.8) is 0 Å². The van der Waals surface area contributed by atoms with E-state index in [9.17, 15) is 9.90 Å². The second kappa shape index (κ2) is 5.19. The molecule has 0 radical (unpaired) electrons. The van der Waals surface area contributed by atoms with Crippen LogP contribution in [0.1, 0.15) is 12.8 Å². The zero-order chi connectivity index (χ0) is 12.3. The molecule has 4 nitrogen and oxygen atoms in total. The van der Waals surface area contributed by atoms with Gasteiger partial charge in [-0.3, -0.25) is 4.79 Å². The van der Waals surface area contributed by atoms with Crippen LogP contribution in [0.25, 0.3) is 0 Å². The minimum atomic E-state index is 0.0718. The standard InChI is InChI=1S/C13H18N2O2/c1-15(11-4-6-12(16)7-5-11)13(17)10-3-2-8-14-9-10/h4-7,10,14,16H,2-3,8-9H2,1H3/t10-/m1/s1. The Kier molecular flexibility index (Phi) is 3.64. The molecule has 1 aromatic carbocycles. The Morgan fingerprint density at radius 2 is 2.12 bits per heavy atom. The highest BCUT2D eigenvalue weighted by Gasteiger charge is 2.24. The van der Waals surface area contributed by atoms with Crippen LogP contribution in [-0.2, 0) is 4.79 Å². The van der Waals surface area contributed by atoms with Crippen LogP contribution < -0.4 is 10.2 Å². The van der Waals surface area contributed by atoms with E-state index in [2.05, 4.69) is 5.32 Å². The normalized spacial score (nSPS) is 19.9. The second-order valence-corrected chi connectivity index (χ2v) is 4.46. The van der Waals surface area contributed by atoms with Gasteiger partial charge in [0.15, 0.2) is 0 Å². The van der Waals surface area contributed by atoms with E-state index in [0.717, 1.165) is 31.6 Å². The van der Waals surface area contributed by atoms with Gasteiger partial charge in [-0.05, 0) is 43.7 Å². The van der Waals surface area contributed by atoms with Gasteiger partial charge in [0.1, 0.15) is 5.75 Å². The van der Waals surface area contributed by atoms with Crippen molar-refractivity contribution in [2.24, 2.45) is 5.92 Å². The summed E-state index contributed by atoms with van der Waals surface area (Å²) in [4.78, 5) is 13.9. The Morgan fingerprint density at radius 1 is 1.41 bits per heavy atom. The van der Waals surface area contributed by atoms with Gasteiger partial charge in [-0.15, -0.1) is 0 Å². The Balaban J connectivity index is 2.05. The maximum Gasteiger partial charge on any atom is 0.231 e. The fraction of sp³-hybridized carbons (Fsp3) is 0.462. The molecular formula is C13H18N2O2. The summed E-state index contributed by atoms with van der Waals surface area (Å²) in [5, 5.41) is 12.5. The lowest BCUT2D eigenvalue weighted by Gasteiger charge is -2.27. The molecule has 0 aliphatic carbocycles. The smallest absolute Gasteiger partial charge is 0.231 e. The van der Waals surface area contributed by atoms with Crippen LogP contribution in [-0.4, -0.2) is 31.2 Å². The van der Waals surface area contributed by atoms with E-state index in [1.165, 1.54) is 0 Å². The summed E-state index contributed by atoms with van der Waals surface area (Å²) in [6.07, 6.45) is 2.01. The Labute approximate surface area is 101 Å². The summed E-state index contributed by atoms with van der Waals surface area (Å²) in [7, 11) is 1.78. The van der Waals surface area contributed by atoms with E-state index < -0.39 is 0 Å². The Hall–Kier alpha value is -1.55. The van der Waals surface area contributed by atoms with E-state index in [0.29, 0.717) is 0 Å². The number of hydrogen-bond donors (Lipinski definition) is 2. The van der Waals surface area contributed by atoms with E-state index in [1.807, 2.05) is 0 Å². The number of nitrogens with one attached hydrogen (secondary N) is 1. The van der Waals surface area contributed by atoms with Crippen LogP contribution in [0.3, 0.4) is 0 Å². The molecule has 1 fully saturated rings. The highest BCUT2D eigenvalue weighted by molar-refractivity contribution is 5.94. The number of hydrogen-bond acceptors (Lipinski definition) is 3. The quantitative estimate of drug-likeness (QED) is 0.812. The van der Waals surface area contributed by atoms with Crippen molar-refractivity contribution in [3.05, 3.63) is 24.3 Å². The molecule has 2 rings (SSSR count). The molecule has 1 aromatic rings. The monoisotopic (exact) mass is 234 g/mol. The number of rotatable bonds is 2. The third-order valence-corrected chi connectivity index (χ3v) is 3.21. The number of benzene rings is 1. The zero-order valence-electron chi connectivity index (χ0n) is 10.0. The lowest BCUT2D eigenvalue weighted by Crippen LogP contribution is -2.41. The SMILES string of the molecule is CN(C(=O)[C@@H]1CCCNC1)c1ccc(O)cc1. The fourth-order valence-electron chi connectivity index (χ4n) is 2.14. The highest BCUT2D eigenvalue weighted by atomic mass is 16.3. The van der Waals surface area contributed by atoms with Crippen molar-refractivity contribution in [1.82, 2.24) is 5.32 Å². The average Bonchev–Trinajstić information content (AvgIpc) is 2.39. The highest BCUT2D eigenvalue weighted by Crippen LogP contribution is 2.21. The van der Waals surface area contributed by atoms with Crippen LogP contribution in [0, 0.1) is 5.92 Å². The number of aromatic hydroxyl groups is 1. The van der Waals surface area contributed by atoms with Gasteiger partial charge in [0.2, 0.25) is 5.91 Å². The summed E-state index contributed by atoms with van der Waals surface area (Å²) in [5.41, 5.74) is 0.818. The van der Waals surface area contributed by atoms with E-state index in [-0.39, 0.29) is 17.6 Å². The lowest BCUT2D eigenvalue weighted by molar-refractivity contribution is -0.122. The van der Waals surface area contributed by atoms with Crippen molar-refractivity contribution in [2.45, 2.75) is 12.8 Å². The third-order valence-electron chi connectivity index (χ3n) is 3.21. The molecule has 0 spiro atoms. The first-order valence-corrected chi connectivity index (χ1v) is 5.96. The molecule has 4 heteroatoms. The van der Waals surface area contributed by atoms with Gasteiger partial charge >= 0.3 is 0 Å². The molecule has 1 heterocycles. The number of carbonyl (C=O) groups is 1. The summed E-state index contributed by atoms with van der Waals surface area (Å²) < 4.78 is 0. The molecule has 0 bridgehead atoms. The van der Waals surface area contributed by atoms with E-state index >= 15 is 0 Å². The fourth-order valence-corrected chi connectivity index (χ4v) is 2.14. The second-order valence-electron chi connectivity index (χ2n) is 4.46. The first-order chi connectivity index (χ1) is 8.18. The molecule has 92 valence electrons. The van der Waals surface area contributed by atoms with Crippen LogP contribution in [0.15, 0.2) is 24.3 Å². The van der Waals surface area contributed by atoms with Gasteiger partial charge in [0, 0.05) is 19.3 Å². The van der Waals surface area contributed by atoms with Crippen LogP contribution in [0.2, 0.25) is 0 Å². The number of carbonyl (C=O) groups excluding carboxylic acids is 1. The molecule has 17 heavy (non-hydrogen) atoms. The van der Waals surface area contributed by atoms with Gasteiger partial charge in [0.25, 0.3) is 0 Å². The van der Waals surface area contributed by atoms with Crippen molar-refractivity contribution in [1.29, 1.82) is 0 Å². The average molecular weight is 234 g/mol. The summed E-state index contributed by atoms with van der Waals surface area (Å²) in [6.45, 7) is 1.77. The maximum atomic E-state index is 12.2. The first kappa shape index (κ1) is 11.9. The molecule has 1 aliphatic rings. The summed E-state index contributed by atoms with van der Waals surface area (Å²) >= 11 is 0. The number of amides is 1. The molecule has 1 saturated heterocycles. The summed E-state index contributed by atoms with van der Waals surface area (Å²) in [5.74, 6) is 0.430. The van der Waals surface area contributed by atoms with Gasteiger partial charge in [-0.1, -0.05) is 0 Å². The predicted octanol–water partition coefficient (Wildman–Crippen LogP) is 1.35. The minimum Gasteiger partial charge on any atom is -0.508 e. The number of piperidine rings is 1. The van der Waals surface area contributed by atoms with Crippen molar-refractivity contribution >= 4 is 11.6 Å². The predicted molar refractivity (Wildman–Crippen MR) is 67.1 cm³/mol. The molecule has 1 atom stereocenters. The molecule has 0 saturated carbocycles. The van der Waals surface area contributed by atoms with Gasteiger partial charge in [0.05, 0.1) is 5.92 Å². The molecule has 0 aromatic heterocycles. The van der Waals surface area contributed by atoms with Gasteiger partial charge in [-0.2, -0.15) is 0 Å². The van der Waals surface area contributed by atoms with E-state index in [1.54, 1.807) is 36.2 Å². The van der Waals surface area contributed by atoms with E-state index in [4.69, 9.17) is 0 Å². The topological polar surface area (TPSA) is 52.6 Å². The number of phenols is 1. The van der Waals surface area contributed by atoms with Crippen LogP contribution in [0.4, 0.5) is 5.69 Å². The maximum absolute atomic E-state index is 12.2. The molecule has 1 aliphatic heterocycles. The van der Waals surface area contributed by atoms with Gasteiger partial charge < -0.3 is 15.3 Å². The van der Waals surface area contributed by atoms with Gasteiger partial charge in [-0.25, -0.2) is 0 Å². The van der Waals surface area contributed by atoms with Crippen molar-refractivity contribution in [3.8, 4) is 5.75 Å². The molecule has 2 N–H and O–H groups in total. The third kappa shape index (κ3) is 2.77. The molecule has 0 unspecified atom stereocenters. The molecular weight excluding hydrogens is 216 g/mol. The lowest BCUT2D eigenvalue weighted by atomic mass is 9.98. The summed E-state index contributed by atoms with van der Waals surface area (Å²) in [6, 6.07) is 6.70. The Bertz CT molecular complexity index is 383. The first-order valence-electron chi connectivity index (χ1n) is 5.96. The number of nitrogens with zero attached hydrogens (tertiary/aromatic N) is 1. The van der Waals surface area contributed by atoms with Crippen molar-refractivity contribution in [2.75, 3.05) is 25.0 Å².